The van der Waals surface area contributed by atoms with Crippen LogP contribution in [-0.2, 0) is 6.42 Å². The third-order valence-corrected chi connectivity index (χ3v) is 3.42. The molecule has 2 atom stereocenters. The minimum atomic E-state index is -0.497. The molecular weight excluding hydrogens is 232 g/mol. The third kappa shape index (κ3) is 4.37. The second-order valence-electron chi connectivity index (χ2n) is 5.24. The number of hydrogen-bond acceptors (Lipinski definition) is 1. The van der Waals surface area contributed by atoms with E-state index in [1.165, 1.54) is 12.1 Å². The van der Waals surface area contributed by atoms with Gasteiger partial charge in [0.25, 0.3) is 0 Å². The molecule has 2 unspecified atom stereocenters. The van der Waals surface area contributed by atoms with Gasteiger partial charge in [-0.2, -0.15) is 0 Å². The first kappa shape index (κ1) is 15.1. The molecule has 1 nitrogen and oxygen atoms in total. The fourth-order valence-corrected chi connectivity index (χ4v) is 2.46. The van der Waals surface area contributed by atoms with Crippen LogP contribution in [0.25, 0.3) is 0 Å². The molecule has 0 heterocycles. The first-order valence-corrected chi connectivity index (χ1v) is 6.62. The van der Waals surface area contributed by atoms with Crippen LogP contribution >= 0.6 is 0 Å². The van der Waals surface area contributed by atoms with Crippen molar-refractivity contribution in [2.45, 2.75) is 40.2 Å². The zero-order valence-electron chi connectivity index (χ0n) is 11.6. The molecule has 0 saturated carbocycles. The Morgan fingerprint density at radius 3 is 2.06 bits per heavy atom. The second-order valence-corrected chi connectivity index (χ2v) is 5.24. The molecule has 1 N–H and O–H groups in total. The number of nitrogens with one attached hydrogen (secondary N) is 1. The molecule has 0 aromatic heterocycles. The lowest BCUT2D eigenvalue weighted by Gasteiger charge is -2.28. The first-order chi connectivity index (χ1) is 8.43. The van der Waals surface area contributed by atoms with Crippen LogP contribution in [-0.4, -0.2) is 12.6 Å². The largest absolute Gasteiger partial charge is 0.314 e. The van der Waals surface area contributed by atoms with Crippen LogP contribution in [0, 0.1) is 23.5 Å². The Bertz CT molecular complexity index is 357. The molecule has 1 aromatic carbocycles. The number of benzene rings is 1. The average Bonchev–Trinajstić information content (AvgIpc) is 2.24. The van der Waals surface area contributed by atoms with Gasteiger partial charge in [-0.3, -0.25) is 0 Å². The maximum absolute atomic E-state index is 13.2. The van der Waals surface area contributed by atoms with Gasteiger partial charge in [-0.25, -0.2) is 8.78 Å². The van der Waals surface area contributed by atoms with Crippen LogP contribution in [0.3, 0.4) is 0 Å². The topological polar surface area (TPSA) is 12.0 Å². The number of halogens is 2. The lowest BCUT2D eigenvalue weighted by Crippen LogP contribution is -2.37. The van der Waals surface area contributed by atoms with Crippen LogP contribution < -0.4 is 5.32 Å². The van der Waals surface area contributed by atoms with Gasteiger partial charge in [0.15, 0.2) is 0 Å². The number of hydrogen-bond donors (Lipinski definition) is 1. The van der Waals surface area contributed by atoms with Gasteiger partial charge in [0.1, 0.15) is 11.6 Å². The maximum atomic E-state index is 13.2. The minimum absolute atomic E-state index is 0.335. The van der Waals surface area contributed by atoms with Gasteiger partial charge in [0, 0.05) is 12.1 Å². The third-order valence-electron chi connectivity index (χ3n) is 3.42. The molecule has 102 valence electrons. The van der Waals surface area contributed by atoms with Crippen molar-refractivity contribution in [3.05, 3.63) is 35.4 Å². The van der Waals surface area contributed by atoms with E-state index >= 15 is 0 Å². The van der Waals surface area contributed by atoms with Crippen LogP contribution in [0.15, 0.2) is 18.2 Å². The van der Waals surface area contributed by atoms with Gasteiger partial charge in [-0.05, 0) is 49.4 Å². The molecule has 0 aliphatic heterocycles. The Labute approximate surface area is 109 Å². The fourth-order valence-electron chi connectivity index (χ4n) is 2.46. The summed E-state index contributed by atoms with van der Waals surface area (Å²) in [5.74, 6) is -0.163. The Kier molecular flexibility index (Phi) is 5.73. The predicted molar refractivity (Wildman–Crippen MR) is 71.5 cm³/mol. The van der Waals surface area contributed by atoms with E-state index in [0.29, 0.717) is 24.3 Å². The second kappa shape index (κ2) is 6.83. The molecule has 0 fully saturated rings. The van der Waals surface area contributed by atoms with Crippen LogP contribution in [0.5, 0.6) is 0 Å². The lowest BCUT2D eigenvalue weighted by atomic mass is 9.84. The van der Waals surface area contributed by atoms with Gasteiger partial charge >= 0.3 is 0 Å². The van der Waals surface area contributed by atoms with Crippen molar-refractivity contribution in [3.63, 3.8) is 0 Å². The van der Waals surface area contributed by atoms with Crippen molar-refractivity contribution in [2.75, 3.05) is 6.54 Å². The first-order valence-electron chi connectivity index (χ1n) is 6.62. The average molecular weight is 255 g/mol. The maximum Gasteiger partial charge on any atom is 0.126 e. The molecule has 18 heavy (non-hydrogen) atoms. The summed E-state index contributed by atoms with van der Waals surface area (Å²) in [5, 5.41) is 3.39. The summed E-state index contributed by atoms with van der Waals surface area (Å²) < 4.78 is 26.3. The molecule has 1 rings (SSSR count). The molecule has 0 saturated heterocycles. The summed E-state index contributed by atoms with van der Waals surface area (Å²) in [6.45, 7) is 9.39. The highest BCUT2D eigenvalue weighted by Gasteiger charge is 2.21. The van der Waals surface area contributed by atoms with Crippen molar-refractivity contribution < 1.29 is 8.78 Å². The van der Waals surface area contributed by atoms with E-state index in [9.17, 15) is 8.78 Å². The quantitative estimate of drug-likeness (QED) is 0.815. The molecule has 0 aliphatic carbocycles. The van der Waals surface area contributed by atoms with Gasteiger partial charge in [-0.1, -0.05) is 20.8 Å². The summed E-state index contributed by atoms with van der Waals surface area (Å²) in [5.41, 5.74) is 0.732. The normalized spacial score (nSPS) is 14.8. The molecule has 0 aliphatic rings. The Hall–Kier alpha value is -0.960. The molecular formula is C15H23F2N. The van der Waals surface area contributed by atoms with Crippen LogP contribution in [0.2, 0.25) is 0 Å². The predicted octanol–water partition coefficient (Wildman–Crippen LogP) is 3.78. The minimum Gasteiger partial charge on any atom is -0.314 e. The van der Waals surface area contributed by atoms with Crippen molar-refractivity contribution in [1.82, 2.24) is 5.32 Å². The Morgan fingerprint density at radius 2 is 1.61 bits per heavy atom. The van der Waals surface area contributed by atoms with Crippen LogP contribution in [0.1, 0.15) is 33.3 Å². The molecule has 3 heteroatoms. The smallest absolute Gasteiger partial charge is 0.126 e. The van der Waals surface area contributed by atoms with E-state index < -0.39 is 11.6 Å². The summed E-state index contributed by atoms with van der Waals surface area (Å²) in [6, 6.07) is 4.11. The summed E-state index contributed by atoms with van der Waals surface area (Å²) in [6.07, 6.45) is 0.695. The van der Waals surface area contributed by atoms with Crippen molar-refractivity contribution >= 4 is 0 Å². The van der Waals surface area contributed by atoms with E-state index in [-0.39, 0.29) is 0 Å². The van der Waals surface area contributed by atoms with Crippen LogP contribution in [0.4, 0.5) is 8.78 Å². The van der Waals surface area contributed by atoms with E-state index in [0.717, 1.165) is 18.2 Å². The summed E-state index contributed by atoms with van der Waals surface area (Å²) in [4.78, 5) is 0. The standard InChI is InChI=1S/C15H23F2N/c1-5-18-11(4)15(10(2)3)8-12-6-13(16)9-14(17)7-12/h6-7,9-11,15,18H,5,8H2,1-4H3. The molecule has 1 aromatic rings. The fraction of sp³-hybridized carbons (Fsp3) is 0.600. The highest BCUT2D eigenvalue weighted by atomic mass is 19.1. The SMILES string of the molecule is CCNC(C)C(Cc1cc(F)cc(F)c1)C(C)C. The van der Waals surface area contributed by atoms with Gasteiger partial charge < -0.3 is 5.32 Å². The number of rotatable bonds is 6. The van der Waals surface area contributed by atoms with E-state index in [1.807, 2.05) is 0 Å². The van der Waals surface area contributed by atoms with Crippen molar-refractivity contribution in [1.29, 1.82) is 0 Å². The Morgan fingerprint density at radius 1 is 1.06 bits per heavy atom. The van der Waals surface area contributed by atoms with Gasteiger partial charge in [-0.15, -0.1) is 0 Å². The highest BCUT2D eigenvalue weighted by molar-refractivity contribution is 5.18. The summed E-state index contributed by atoms with van der Waals surface area (Å²) >= 11 is 0. The monoisotopic (exact) mass is 255 g/mol. The zero-order valence-corrected chi connectivity index (χ0v) is 11.6. The zero-order chi connectivity index (χ0) is 13.7. The van der Waals surface area contributed by atoms with E-state index in [2.05, 4.69) is 33.0 Å². The van der Waals surface area contributed by atoms with E-state index in [1.54, 1.807) is 0 Å². The lowest BCUT2D eigenvalue weighted by molar-refractivity contribution is 0.291. The van der Waals surface area contributed by atoms with Gasteiger partial charge in [0.2, 0.25) is 0 Å². The van der Waals surface area contributed by atoms with Crippen molar-refractivity contribution in [2.24, 2.45) is 11.8 Å². The Balaban J connectivity index is 2.82. The van der Waals surface area contributed by atoms with E-state index in [4.69, 9.17) is 0 Å². The molecule has 0 spiro atoms. The molecule has 0 amide bonds. The summed E-state index contributed by atoms with van der Waals surface area (Å²) in [7, 11) is 0. The molecule has 0 bridgehead atoms. The van der Waals surface area contributed by atoms with Gasteiger partial charge in [0.05, 0.1) is 0 Å². The van der Waals surface area contributed by atoms with Crippen molar-refractivity contribution in [3.8, 4) is 0 Å². The molecule has 0 radical (unpaired) electrons. The highest BCUT2D eigenvalue weighted by Crippen LogP contribution is 2.22.